The van der Waals surface area contributed by atoms with Gasteiger partial charge in [-0.1, -0.05) is 43.7 Å². The molecular formula is C14H23ClN2O. The van der Waals surface area contributed by atoms with Crippen LogP contribution in [0.15, 0.2) is 30.3 Å². The zero-order chi connectivity index (χ0) is 12.5. The number of amides is 1. The summed E-state index contributed by atoms with van der Waals surface area (Å²) >= 11 is 0. The fraction of sp³-hybridized carbons (Fsp3) is 0.500. The van der Waals surface area contributed by atoms with Gasteiger partial charge in [-0.3, -0.25) is 4.79 Å². The van der Waals surface area contributed by atoms with Crippen LogP contribution in [0.2, 0.25) is 0 Å². The second-order valence-electron chi connectivity index (χ2n) is 4.28. The lowest BCUT2D eigenvalue weighted by Crippen LogP contribution is -2.40. The van der Waals surface area contributed by atoms with E-state index in [0.29, 0.717) is 6.54 Å². The predicted octanol–water partition coefficient (Wildman–Crippen LogP) is 2.28. The summed E-state index contributed by atoms with van der Waals surface area (Å²) in [4.78, 5) is 11.5. The van der Waals surface area contributed by atoms with Gasteiger partial charge in [0.05, 0.1) is 6.04 Å². The molecule has 0 aromatic heterocycles. The van der Waals surface area contributed by atoms with E-state index in [4.69, 9.17) is 5.73 Å². The van der Waals surface area contributed by atoms with Gasteiger partial charge >= 0.3 is 0 Å². The third kappa shape index (κ3) is 6.62. The number of benzene rings is 1. The number of hydrogen-bond donors (Lipinski definition) is 2. The summed E-state index contributed by atoms with van der Waals surface area (Å²) in [6.45, 7) is 2.73. The number of nitrogens with two attached hydrogens (primary N) is 1. The minimum Gasteiger partial charge on any atom is -0.355 e. The molecule has 18 heavy (non-hydrogen) atoms. The van der Waals surface area contributed by atoms with E-state index in [1.165, 1.54) is 5.56 Å². The topological polar surface area (TPSA) is 55.1 Å². The summed E-state index contributed by atoms with van der Waals surface area (Å²) in [6.07, 6.45) is 3.64. The molecule has 0 saturated carbocycles. The van der Waals surface area contributed by atoms with E-state index in [2.05, 4.69) is 17.4 Å². The Morgan fingerprint density at radius 1 is 1.33 bits per heavy atom. The molecule has 0 saturated heterocycles. The number of rotatable bonds is 7. The van der Waals surface area contributed by atoms with Crippen LogP contribution in [0.4, 0.5) is 0 Å². The Hall–Kier alpha value is -1.06. The lowest BCUT2D eigenvalue weighted by atomic mass is 10.1. The van der Waals surface area contributed by atoms with Crippen LogP contribution < -0.4 is 11.1 Å². The normalized spacial score (nSPS) is 11.4. The average Bonchev–Trinajstić information content (AvgIpc) is 2.36. The van der Waals surface area contributed by atoms with Crippen molar-refractivity contribution in [1.82, 2.24) is 5.32 Å². The molecule has 0 aliphatic rings. The highest BCUT2D eigenvalue weighted by atomic mass is 35.5. The number of nitrogens with one attached hydrogen (secondary N) is 1. The Labute approximate surface area is 116 Å². The Bertz CT molecular complexity index is 330. The van der Waals surface area contributed by atoms with Gasteiger partial charge in [0, 0.05) is 6.54 Å². The Kier molecular flexibility index (Phi) is 9.33. The summed E-state index contributed by atoms with van der Waals surface area (Å²) in [5, 5.41) is 2.87. The summed E-state index contributed by atoms with van der Waals surface area (Å²) in [5.41, 5.74) is 7.01. The van der Waals surface area contributed by atoms with Gasteiger partial charge in [0.15, 0.2) is 0 Å². The molecule has 0 bridgehead atoms. The molecule has 0 spiro atoms. The van der Waals surface area contributed by atoms with Gasteiger partial charge < -0.3 is 11.1 Å². The van der Waals surface area contributed by atoms with Crippen molar-refractivity contribution in [2.75, 3.05) is 6.54 Å². The first-order valence-electron chi connectivity index (χ1n) is 6.31. The van der Waals surface area contributed by atoms with E-state index in [1.807, 2.05) is 25.1 Å². The molecule has 4 heteroatoms. The third-order valence-corrected chi connectivity index (χ3v) is 2.72. The fourth-order valence-electron chi connectivity index (χ4n) is 1.72. The molecule has 0 aliphatic heterocycles. The van der Waals surface area contributed by atoms with Crippen molar-refractivity contribution in [2.24, 2.45) is 5.73 Å². The standard InChI is InChI=1S/C14H22N2O.ClH/c1-2-7-13(15)14(17)16-11-6-10-12-8-4-3-5-9-12;/h3-5,8-9,13H,2,6-7,10-11,15H2,1H3,(H,16,17);1H. The number of hydrogen-bond acceptors (Lipinski definition) is 2. The molecule has 1 atom stereocenters. The van der Waals surface area contributed by atoms with Crippen molar-refractivity contribution >= 4 is 18.3 Å². The summed E-state index contributed by atoms with van der Waals surface area (Å²) in [5.74, 6) is -0.0279. The maximum atomic E-state index is 11.5. The highest BCUT2D eigenvalue weighted by Gasteiger charge is 2.10. The number of aryl methyl sites for hydroxylation is 1. The Morgan fingerprint density at radius 2 is 2.00 bits per heavy atom. The van der Waals surface area contributed by atoms with Crippen LogP contribution in [0.5, 0.6) is 0 Å². The SMILES string of the molecule is CCCC(N)C(=O)NCCCc1ccccc1.Cl. The van der Waals surface area contributed by atoms with E-state index < -0.39 is 0 Å². The number of carbonyl (C=O) groups excluding carboxylic acids is 1. The summed E-state index contributed by atoms with van der Waals surface area (Å²) in [6, 6.07) is 9.93. The fourth-order valence-corrected chi connectivity index (χ4v) is 1.72. The summed E-state index contributed by atoms with van der Waals surface area (Å²) < 4.78 is 0. The lowest BCUT2D eigenvalue weighted by molar-refractivity contribution is -0.122. The molecule has 3 N–H and O–H groups in total. The van der Waals surface area contributed by atoms with Crippen LogP contribution in [0.1, 0.15) is 31.7 Å². The minimum absolute atomic E-state index is 0. The van der Waals surface area contributed by atoms with Crippen LogP contribution >= 0.6 is 12.4 Å². The van der Waals surface area contributed by atoms with E-state index >= 15 is 0 Å². The second-order valence-corrected chi connectivity index (χ2v) is 4.28. The molecule has 1 rings (SSSR count). The lowest BCUT2D eigenvalue weighted by Gasteiger charge is -2.10. The smallest absolute Gasteiger partial charge is 0.236 e. The molecule has 0 fully saturated rings. The zero-order valence-electron chi connectivity index (χ0n) is 10.9. The molecule has 1 aromatic carbocycles. The van der Waals surface area contributed by atoms with Crippen LogP contribution in [-0.2, 0) is 11.2 Å². The van der Waals surface area contributed by atoms with Crippen molar-refractivity contribution in [2.45, 2.75) is 38.6 Å². The van der Waals surface area contributed by atoms with Gasteiger partial charge in [-0.2, -0.15) is 0 Å². The van der Waals surface area contributed by atoms with E-state index in [-0.39, 0.29) is 24.4 Å². The van der Waals surface area contributed by atoms with Gasteiger partial charge in [0.1, 0.15) is 0 Å². The van der Waals surface area contributed by atoms with Crippen molar-refractivity contribution in [1.29, 1.82) is 0 Å². The van der Waals surface area contributed by atoms with Crippen LogP contribution in [0, 0.1) is 0 Å². The first-order valence-corrected chi connectivity index (χ1v) is 6.31. The zero-order valence-corrected chi connectivity index (χ0v) is 11.7. The van der Waals surface area contributed by atoms with Gasteiger partial charge in [0.25, 0.3) is 0 Å². The summed E-state index contributed by atoms with van der Waals surface area (Å²) in [7, 11) is 0. The van der Waals surface area contributed by atoms with Crippen LogP contribution in [0.25, 0.3) is 0 Å². The molecule has 1 amide bonds. The predicted molar refractivity (Wildman–Crippen MR) is 77.9 cm³/mol. The minimum atomic E-state index is -0.350. The van der Waals surface area contributed by atoms with E-state index in [0.717, 1.165) is 25.7 Å². The first-order chi connectivity index (χ1) is 8.24. The largest absolute Gasteiger partial charge is 0.355 e. The maximum Gasteiger partial charge on any atom is 0.236 e. The third-order valence-electron chi connectivity index (χ3n) is 2.72. The number of halogens is 1. The monoisotopic (exact) mass is 270 g/mol. The first kappa shape index (κ1) is 16.9. The molecule has 102 valence electrons. The van der Waals surface area contributed by atoms with E-state index in [1.54, 1.807) is 0 Å². The van der Waals surface area contributed by atoms with Crippen LogP contribution in [-0.4, -0.2) is 18.5 Å². The molecule has 0 aliphatic carbocycles. The average molecular weight is 271 g/mol. The van der Waals surface area contributed by atoms with Gasteiger partial charge in [0.2, 0.25) is 5.91 Å². The van der Waals surface area contributed by atoms with Crippen LogP contribution in [0.3, 0.4) is 0 Å². The quantitative estimate of drug-likeness (QED) is 0.747. The highest BCUT2D eigenvalue weighted by Crippen LogP contribution is 2.01. The highest BCUT2D eigenvalue weighted by molar-refractivity contribution is 5.85. The number of carbonyl (C=O) groups is 1. The molecule has 0 heterocycles. The molecule has 0 radical (unpaired) electrons. The Morgan fingerprint density at radius 3 is 2.61 bits per heavy atom. The van der Waals surface area contributed by atoms with Gasteiger partial charge in [-0.25, -0.2) is 0 Å². The molecular weight excluding hydrogens is 248 g/mol. The van der Waals surface area contributed by atoms with Crippen molar-refractivity contribution in [3.8, 4) is 0 Å². The molecule has 1 unspecified atom stereocenters. The van der Waals surface area contributed by atoms with Gasteiger partial charge in [-0.15, -0.1) is 12.4 Å². The molecule has 3 nitrogen and oxygen atoms in total. The van der Waals surface area contributed by atoms with E-state index in [9.17, 15) is 4.79 Å². The van der Waals surface area contributed by atoms with Crippen molar-refractivity contribution in [3.05, 3.63) is 35.9 Å². The maximum absolute atomic E-state index is 11.5. The second kappa shape index (κ2) is 9.92. The van der Waals surface area contributed by atoms with Crippen molar-refractivity contribution < 1.29 is 4.79 Å². The molecule has 1 aromatic rings. The van der Waals surface area contributed by atoms with Crippen molar-refractivity contribution in [3.63, 3.8) is 0 Å². The Balaban J connectivity index is 0.00000289. The van der Waals surface area contributed by atoms with Gasteiger partial charge in [-0.05, 0) is 24.8 Å².